The molecule has 3 nitrogen and oxygen atoms in total. The Labute approximate surface area is 132 Å². The van der Waals surface area contributed by atoms with Crippen LogP contribution in [0.15, 0.2) is 40.9 Å². The van der Waals surface area contributed by atoms with Gasteiger partial charge in [-0.25, -0.2) is 4.39 Å². The van der Waals surface area contributed by atoms with Crippen LogP contribution in [0.2, 0.25) is 0 Å². The van der Waals surface area contributed by atoms with E-state index in [-0.39, 0.29) is 5.82 Å². The number of benzene rings is 2. The van der Waals surface area contributed by atoms with E-state index < -0.39 is 0 Å². The smallest absolute Gasteiger partial charge is 0.161 e. The second-order valence-corrected chi connectivity index (χ2v) is 5.93. The van der Waals surface area contributed by atoms with Gasteiger partial charge in [0.2, 0.25) is 0 Å². The number of likely N-dealkylation sites (N-methyl/N-ethyl adjacent to an activating group) is 1. The lowest BCUT2D eigenvalue weighted by molar-refractivity contribution is 0.614. The average Bonchev–Trinajstić information content (AvgIpc) is 2.51. The Kier molecular flexibility index (Phi) is 3.87. The van der Waals surface area contributed by atoms with E-state index in [2.05, 4.69) is 33.9 Å². The maximum Gasteiger partial charge on any atom is 0.161 e. The normalized spacial score (nSPS) is 14.3. The topological polar surface area (TPSA) is 32.5 Å². The van der Waals surface area contributed by atoms with E-state index in [9.17, 15) is 4.39 Å². The van der Waals surface area contributed by atoms with E-state index in [1.807, 2.05) is 35.2 Å². The third-order valence-electron chi connectivity index (χ3n) is 3.90. The minimum Gasteiger partial charge on any atom is -0.371 e. The molecule has 110 valence electrons. The van der Waals surface area contributed by atoms with E-state index in [0.717, 1.165) is 30.0 Å². The lowest BCUT2D eigenvalue weighted by atomic mass is 10.1. The zero-order valence-corrected chi connectivity index (χ0v) is 13.4. The Morgan fingerprint density at radius 1 is 1.10 bits per heavy atom. The predicted molar refractivity (Wildman–Crippen MR) is 88.7 cm³/mol. The van der Waals surface area contributed by atoms with Crippen molar-refractivity contribution >= 4 is 33.0 Å². The summed E-state index contributed by atoms with van der Waals surface area (Å²) in [4.78, 5) is 4.21. The quantitative estimate of drug-likeness (QED) is 0.898. The van der Waals surface area contributed by atoms with Gasteiger partial charge in [0.1, 0.15) is 0 Å². The van der Waals surface area contributed by atoms with E-state index in [1.54, 1.807) is 0 Å². The van der Waals surface area contributed by atoms with Crippen molar-refractivity contribution in [2.45, 2.75) is 6.54 Å². The van der Waals surface area contributed by atoms with Gasteiger partial charge in [0, 0.05) is 26.7 Å². The van der Waals surface area contributed by atoms with Gasteiger partial charge in [-0.15, -0.1) is 0 Å². The number of nitrogens with zero attached hydrogens (tertiary/aromatic N) is 2. The second-order valence-electron chi connectivity index (χ2n) is 5.14. The van der Waals surface area contributed by atoms with Crippen LogP contribution in [0, 0.1) is 5.82 Å². The minimum atomic E-state index is -0.252. The molecule has 0 saturated heterocycles. The lowest BCUT2D eigenvalue weighted by Crippen LogP contribution is -2.36. The van der Waals surface area contributed by atoms with E-state index in [1.165, 1.54) is 0 Å². The largest absolute Gasteiger partial charge is 0.371 e. The Morgan fingerprint density at radius 2 is 1.81 bits per heavy atom. The summed E-state index contributed by atoms with van der Waals surface area (Å²) in [5.41, 5.74) is 9.12. The van der Waals surface area contributed by atoms with E-state index in [4.69, 9.17) is 5.73 Å². The molecule has 0 spiro atoms. The predicted octanol–water partition coefficient (Wildman–Crippen LogP) is 3.63. The molecule has 0 bridgehead atoms. The summed E-state index contributed by atoms with van der Waals surface area (Å²) in [6, 6.07) is 11.8. The molecule has 2 N–H and O–H groups in total. The fraction of sp³-hybridized carbons (Fsp3) is 0.250. The Bertz CT molecular complexity index is 675. The molecule has 0 aliphatic carbocycles. The first kappa shape index (κ1) is 14.4. The van der Waals surface area contributed by atoms with Crippen LogP contribution in [0.25, 0.3) is 0 Å². The van der Waals surface area contributed by atoms with Crippen molar-refractivity contribution in [1.82, 2.24) is 0 Å². The van der Waals surface area contributed by atoms with Crippen LogP contribution in [0.1, 0.15) is 5.56 Å². The zero-order chi connectivity index (χ0) is 15.0. The maximum absolute atomic E-state index is 14.7. The van der Waals surface area contributed by atoms with Crippen molar-refractivity contribution in [3.63, 3.8) is 0 Å². The molecule has 1 aliphatic rings. The average molecular weight is 350 g/mol. The number of nitrogens with two attached hydrogens (primary N) is 1. The SMILES string of the molecule is CN1CCN(c2ccc(CN)c(Br)c2F)c2ccccc21. The molecule has 5 heteroatoms. The summed E-state index contributed by atoms with van der Waals surface area (Å²) in [5.74, 6) is -0.252. The number of rotatable bonds is 2. The molecule has 1 aliphatic heterocycles. The summed E-state index contributed by atoms with van der Waals surface area (Å²) in [5, 5.41) is 0. The Balaban J connectivity index is 2.10. The van der Waals surface area contributed by atoms with Crippen molar-refractivity contribution in [3.05, 3.63) is 52.3 Å². The summed E-state index contributed by atoms with van der Waals surface area (Å²) < 4.78 is 15.1. The number of fused-ring (bicyclic) bond motifs is 1. The van der Waals surface area contributed by atoms with Crippen LogP contribution in [0.4, 0.5) is 21.5 Å². The van der Waals surface area contributed by atoms with Crippen LogP contribution in [0.3, 0.4) is 0 Å². The standard InChI is InChI=1S/C16H17BrFN3/c1-20-8-9-21(13-5-3-2-4-12(13)20)14-7-6-11(10-19)15(17)16(14)18/h2-7H,8-10,19H2,1H3. The molecular formula is C16H17BrFN3. The van der Waals surface area contributed by atoms with Gasteiger partial charge in [-0.1, -0.05) is 18.2 Å². The molecule has 1 heterocycles. The van der Waals surface area contributed by atoms with Gasteiger partial charge < -0.3 is 15.5 Å². The Morgan fingerprint density at radius 3 is 2.52 bits per heavy atom. The first-order chi connectivity index (χ1) is 10.1. The van der Waals surface area contributed by atoms with Gasteiger partial charge in [-0.05, 0) is 39.7 Å². The Hall–Kier alpha value is -1.59. The fourth-order valence-electron chi connectivity index (χ4n) is 2.70. The van der Waals surface area contributed by atoms with Gasteiger partial charge in [0.15, 0.2) is 5.82 Å². The molecule has 0 aromatic heterocycles. The van der Waals surface area contributed by atoms with E-state index >= 15 is 0 Å². The number of hydrogen-bond acceptors (Lipinski definition) is 3. The van der Waals surface area contributed by atoms with Crippen LogP contribution < -0.4 is 15.5 Å². The number of halogens is 2. The van der Waals surface area contributed by atoms with Crippen molar-refractivity contribution in [2.24, 2.45) is 5.73 Å². The maximum atomic E-state index is 14.7. The van der Waals surface area contributed by atoms with Crippen molar-refractivity contribution in [3.8, 4) is 0 Å². The third kappa shape index (κ3) is 2.40. The molecular weight excluding hydrogens is 333 g/mol. The third-order valence-corrected chi connectivity index (χ3v) is 4.75. The molecule has 0 radical (unpaired) electrons. The van der Waals surface area contributed by atoms with Crippen molar-refractivity contribution in [2.75, 3.05) is 29.9 Å². The molecule has 0 saturated carbocycles. The molecule has 0 amide bonds. The van der Waals surface area contributed by atoms with Gasteiger partial charge in [0.25, 0.3) is 0 Å². The van der Waals surface area contributed by atoms with E-state index in [0.29, 0.717) is 16.7 Å². The summed E-state index contributed by atoms with van der Waals surface area (Å²) in [6.45, 7) is 1.92. The number of anilines is 3. The van der Waals surface area contributed by atoms with Crippen molar-refractivity contribution < 1.29 is 4.39 Å². The molecule has 2 aromatic rings. The van der Waals surface area contributed by atoms with Gasteiger partial charge in [0.05, 0.1) is 21.5 Å². The first-order valence-electron chi connectivity index (χ1n) is 6.88. The van der Waals surface area contributed by atoms with Gasteiger partial charge >= 0.3 is 0 Å². The fourth-order valence-corrected chi connectivity index (χ4v) is 3.20. The summed E-state index contributed by atoms with van der Waals surface area (Å²) >= 11 is 3.32. The van der Waals surface area contributed by atoms with Gasteiger partial charge in [-0.3, -0.25) is 0 Å². The highest BCUT2D eigenvalue weighted by molar-refractivity contribution is 9.10. The highest BCUT2D eigenvalue weighted by Gasteiger charge is 2.24. The molecule has 0 fully saturated rings. The number of hydrogen-bond donors (Lipinski definition) is 1. The van der Waals surface area contributed by atoms with Crippen molar-refractivity contribution in [1.29, 1.82) is 0 Å². The van der Waals surface area contributed by atoms with Gasteiger partial charge in [-0.2, -0.15) is 0 Å². The highest BCUT2D eigenvalue weighted by Crippen LogP contribution is 2.39. The summed E-state index contributed by atoms with van der Waals surface area (Å²) in [6.07, 6.45) is 0. The number of para-hydroxylation sites is 2. The zero-order valence-electron chi connectivity index (χ0n) is 11.8. The highest BCUT2D eigenvalue weighted by atomic mass is 79.9. The minimum absolute atomic E-state index is 0.252. The molecule has 2 aromatic carbocycles. The molecule has 0 unspecified atom stereocenters. The molecule has 0 atom stereocenters. The molecule has 3 rings (SSSR count). The monoisotopic (exact) mass is 349 g/mol. The van der Waals surface area contributed by atoms with Crippen LogP contribution >= 0.6 is 15.9 Å². The van der Waals surface area contributed by atoms with Crippen LogP contribution in [0.5, 0.6) is 0 Å². The first-order valence-corrected chi connectivity index (χ1v) is 7.67. The molecule has 21 heavy (non-hydrogen) atoms. The lowest BCUT2D eigenvalue weighted by Gasteiger charge is -2.37. The van der Waals surface area contributed by atoms with Crippen LogP contribution in [-0.4, -0.2) is 20.1 Å². The van der Waals surface area contributed by atoms with Crippen LogP contribution in [-0.2, 0) is 6.54 Å². The summed E-state index contributed by atoms with van der Waals surface area (Å²) in [7, 11) is 2.06. The second kappa shape index (κ2) is 5.66.